The highest BCUT2D eigenvalue weighted by Gasteiger charge is 2.28. The first-order valence-electron chi connectivity index (χ1n) is 19.2. The minimum Gasteiger partial charge on any atom is -0.378 e. The molecule has 0 unspecified atom stereocenters. The van der Waals surface area contributed by atoms with Crippen molar-refractivity contribution in [1.29, 1.82) is 0 Å². The number of ether oxygens (including phenoxy) is 2. The quantitative estimate of drug-likeness (QED) is 0.0636. The first kappa shape index (κ1) is 41.9. The molecule has 22 heteroatoms. The fourth-order valence-corrected chi connectivity index (χ4v) is 8.01. The van der Waals surface area contributed by atoms with Gasteiger partial charge < -0.3 is 40.5 Å². The number of anilines is 8. The molecule has 4 heterocycles. The van der Waals surface area contributed by atoms with E-state index in [4.69, 9.17) is 19.4 Å². The number of para-hydroxylation sites is 2. The van der Waals surface area contributed by atoms with E-state index < -0.39 is 30.0 Å². The van der Waals surface area contributed by atoms with Gasteiger partial charge >= 0.3 is 0 Å². The Balaban J connectivity index is 1.38. The second-order valence-electron chi connectivity index (χ2n) is 13.7. The van der Waals surface area contributed by atoms with E-state index >= 15 is 0 Å². The molecule has 8 rings (SSSR count). The first-order valence-corrected chi connectivity index (χ1v) is 22.1. The molecule has 62 heavy (non-hydrogen) atoms. The number of rotatable bonds is 14. The molecule has 20 nitrogen and oxygen atoms in total. The normalized spacial score (nSPS) is 15.1. The lowest BCUT2D eigenvalue weighted by atomic mass is 10.0. The number of nitrogens with zero attached hydrogens (tertiary/aromatic N) is 8. The van der Waals surface area contributed by atoms with Crippen molar-refractivity contribution in [2.45, 2.75) is 9.79 Å². The zero-order valence-corrected chi connectivity index (χ0v) is 34.4. The van der Waals surface area contributed by atoms with E-state index in [9.17, 15) is 25.9 Å². The lowest BCUT2D eigenvalue weighted by Crippen LogP contribution is -2.37. The van der Waals surface area contributed by atoms with Gasteiger partial charge in [0.2, 0.25) is 35.7 Å². The number of nitrogens with one attached hydrogen (secondary N) is 4. The van der Waals surface area contributed by atoms with Crippen LogP contribution in [0.15, 0.2) is 119 Å². The van der Waals surface area contributed by atoms with Crippen LogP contribution in [0, 0.1) is 0 Å². The average Bonchev–Trinajstić information content (AvgIpc) is 3.28. The van der Waals surface area contributed by atoms with Gasteiger partial charge in [0, 0.05) is 48.7 Å². The van der Waals surface area contributed by atoms with E-state index in [0.717, 1.165) is 0 Å². The van der Waals surface area contributed by atoms with Crippen molar-refractivity contribution < 1.29 is 35.4 Å². The van der Waals surface area contributed by atoms with Crippen LogP contribution in [0.5, 0.6) is 0 Å². The molecule has 2 aliphatic heterocycles. The lowest BCUT2D eigenvalue weighted by molar-refractivity contribution is 0.122. The fraction of sp³-hybridized carbons (Fsp3) is 0.200. The van der Waals surface area contributed by atoms with Gasteiger partial charge in [0.1, 0.15) is 9.79 Å². The molecule has 6 N–H and O–H groups in total. The van der Waals surface area contributed by atoms with Gasteiger partial charge in [-0.15, -0.1) is 0 Å². The van der Waals surface area contributed by atoms with Gasteiger partial charge in [-0.3, -0.25) is 9.11 Å². The smallest absolute Gasteiger partial charge is 0.295 e. The average molecular weight is 881 g/mol. The summed E-state index contributed by atoms with van der Waals surface area (Å²) in [5.41, 5.74) is 0.646. The topological polar surface area (TPSA) is 259 Å². The van der Waals surface area contributed by atoms with E-state index in [1.165, 1.54) is 48.5 Å². The lowest BCUT2D eigenvalue weighted by Gasteiger charge is -2.28. The predicted octanol–water partition coefficient (Wildman–Crippen LogP) is 4.76. The Hall–Kier alpha value is -6.82. The minimum atomic E-state index is -4.96. The zero-order valence-electron chi connectivity index (χ0n) is 32.8. The Morgan fingerprint density at radius 1 is 0.468 bits per heavy atom. The Morgan fingerprint density at radius 2 is 0.806 bits per heavy atom. The molecule has 4 aromatic carbocycles. The van der Waals surface area contributed by atoms with Crippen molar-refractivity contribution in [3.05, 3.63) is 120 Å². The van der Waals surface area contributed by atoms with Crippen LogP contribution in [0.3, 0.4) is 0 Å². The summed E-state index contributed by atoms with van der Waals surface area (Å²) in [5.74, 6) is 0.441. The molecule has 320 valence electrons. The van der Waals surface area contributed by atoms with Crippen molar-refractivity contribution in [3.8, 4) is 0 Å². The van der Waals surface area contributed by atoms with Crippen molar-refractivity contribution in [3.63, 3.8) is 0 Å². The van der Waals surface area contributed by atoms with E-state index in [2.05, 4.69) is 41.2 Å². The van der Waals surface area contributed by atoms with Crippen LogP contribution >= 0.6 is 0 Å². The third kappa shape index (κ3) is 10.2. The van der Waals surface area contributed by atoms with Crippen LogP contribution in [0.2, 0.25) is 0 Å². The monoisotopic (exact) mass is 880 g/mol. The van der Waals surface area contributed by atoms with Crippen molar-refractivity contribution in [2.24, 2.45) is 0 Å². The second kappa shape index (κ2) is 18.4. The molecule has 2 aliphatic rings. The highest BCUT2D eigenvalue weighted by atomic mass is 32.2. The summed E-state index contributed by atoms with van der Waals surface area (Å²) in [6, 6.07) is 29.3. The summed E-state index contributed by atoms with van der Waals surface area (Å²) in [5, 5.41) is 12.6. The minimum absolute atomic E-state index is 0.106. The SMILES string of the molecule is O=S(=O)(O)c1ccccc1C(Nc1nc(Nc2ccccc2)nc(N2CCOCC2)n1)=C(Nc1nc(Nc2ccccc2)nc(N2CCOCC2)n1)c1ccccc1S(=O)(=O)O. The third-order valence-corrected chi connectivity index (χ3v) is 11.3. The number of benzene rings is 4. The van der Waals surface area contributed by atoms with Gasteiger partial charge in [0.05, 0.1) is 37.8 Å². The van der Waals surface area contributed by atoms with Gasteiger partial charge in [-0.25, -0.2) is 0 Å². The molecule has 0 aliphatic carbocycles. The maximum atomic E-state index is 13.1. The molecule has 0 amide bonds. The number of morpholine rings is 2. The summed E-state index contributed by atoms with van der Waals surface area (Å²) in [7, 11) is -9.92. The summed E-state index contributed by atoms with van der Waals surface area (Å²) in [6.07, 6.45) is 0. The Kier molecular flexibility index (Phi) is 12.5. The fourth-order valence-electron chi connectivity index (χ4n) is 6.61. The second-order valence-corrected chi connectivity index (χ2v) is 16.5. The molecule has 0 atom stereocenters. The molecule has 6 aromatic rings. The molecule has 0 radical (unpaired) electrons. The summed E-state index contributed by atoms with van der Waals surface area (Å²) < 4.78 is 84.9. The standard InChI is InChI=1S/C40H40N12O8S2/c53-61(54,55)31-17-9-7-15-29(31)33(43-37-45-35(41-27-11-3-1-4-12-27)47-39(49-37)51-19-23-59-24-20-51)34(30-16-8-10-18-32(30)62(56,57)58)44-38-46-36(42-28-13-5-2-6-14-28)48-40(50-38)52-21-25-60-26-22-52/h1-18H,19-26H2,(H,53,54,55)(H,56,57,58)(H2,41,43,45,47,49)(H2,42,44,46,48,50). The number of hydrogen-bond donors (Lipinski definition) is 6. The first-order chi connectivity index (χ1) is 30.0. The van der Waals surface area contributed by atoms with Crippen LogP contribution < -0.4 is 31.1 Å². The van der Waals surface area contributed by atoms with Crippen molar-refractivity contribution in [2.75, 3.05) is 83.7 Å². The van der Waals surface area contributed by atoms with E-state index in [0.29, 0.717) is 64.0 Å². The third-order valence-electron chi connectivity index (χ3n) is 9.49. The molecule has 2 saturated heterocycles. The molecule has 2 fully saturated rings. The molecule has 0 spiro atoms. The van der Waals surface area contributed by atoms with Crippen LogP contribution in [-0.2, 0) is 29.7 Å². The van der Waals surface area contributed by atoms with E-state index in [-0.39, 0.29) is 58.2 Å². The highest BCUT2D eigenvalue weighted by Crippen LogP contribution is 2.35. The largest absolute Gasteiger partial charge is 0.378 e. The summed E-state index contributed by atoms with van der Waals surface area (Å²) in [6.45, 7) is 3.40. The van der Waals surface area contributed by atoms with Crippen LogP contribution in [-0.4, -0.2) is 108 Å². The Labute approximate surface area is 356 Å². The van der Waals surface area contributed by atoms with Gasteiger partial charge in [0.15, 0.2) is 0 Å². The molecule has 0 saturated carbocycles. The maximum absolute atomic E-state index is 13.1. The van der Waals surface area contributed by atoms with Gasteiger partial charge in [-0.2, -0.15) is 46.7 Å². The summed E-state index contributed by atoms with van der Waals surface area (Å²) in [4.78, 5) is 30.8. The van der Waals surface area contributed by atoms with Gasteiger partial charge in [-0.1, -0.05) is 72.8 Å². The van der Waals surface area contributed by atoms with Crippen LogP contribution in [0.1, 0.15) is 11.1 Å². The van der Waals surface area contributed by atoms with Crippen molar-refractivity contribution in [1.82, 2.24) is 29.9 Å². The predicted molar refractivity (Wildman–Crippen MR) is 232 cm³/mol. The number of hydrogen-bond acceptors (Lipinski definition) is 18. The van der Waals surface area contributed by atoms with Gasteiger partial charge in [0.25, 0.3) is 20.2 Å². The molecule has 2 aromatic heterocycles. The Bertz CT molecular complexity index is 2600. The Morgan fingerprint density at radius 3 is 1.18 bits per heavy atom. The molecular formula is C40H40N12O8S2. The zero-order chi connectivity index (χ0) is 43.1. The molecular weight excluding hydrogens is 841 g/mol. The van der Waals surface area contributed by atoms with Gasteiger partial charge in [-0.05, 0) is 36.4 Å². The van der Waals surface area contributed by atoms with Crippen LogP contribution in [0.4, 0.5) is 47.1 Å². The highest BCUT2D eigenvalue weighted by molar-refractivity contribution is 7.86. The van der Waals surface area contributed by atoms with E-state index in [1.807, 2.05) is 70.5 Å². The number of aromatic nitrogens is 6. The van der Waals surface area contributed by atoms with Crippen LogP contribution in [0.25, 0.3) is 11.4 Å². The van der Waals surface area contributed by atoms with Crippen molar-refractivity contribution >= 4 is 78.7 Å². The summed E-state index contributed by atoms with van der Waals surface area (Å²) >= 11 is 0. The maximum Gasteiger partial charge on any atom is 0.295 e. The molecule has 0 bridgehead atoms. The van der Waals surface area contributed by atoms with E-state index in [1.54, 1.807) is 0 Å².